The summed E-state index contributed by atoms with van der Waals surface area (Å²) in [4.78, 5) is 14.3. The zero-order chi connectivity index (χ0) is 15.7. The number of nitrogens with zero attached hydrogens (tertiary/aromatic N) is 1. The minimum atomic E-state index is -1.53. The van der Waals surface area contributed by atoms with Crippen LogP contribution in [0.5, 0.6) is 0 Å². The number of amides is 1. The minimum Gasteiger partial charge on any atom is -0.285 e. The molecule has 0 N–H and O–H groups in total. The molecule has 0 aliphatic carbocycles. The molecule has 1 aliphatic heterocycles. The van der Waals surface area contributed by atoms with Crippen LogP contribution in [-0.2, 0) is 4.79 Å². The highest BCUT2D eigenvalue weighted by molar-refractivity contribution is 6.60. The lowest BCUT2D eigenvalue weighted by Gasteiger charge is -2.38. The maximum absolute atomic E-state index is 12.8. The fourth-order valence-electron chi connectivity index (χ4n) is 2.80. The summed E-state index contributed by atoms with van der Waals surface area (Å²) in [6.45, 7) is 1.94. The van der Waals surface area contributed by atoms with E-state index in [-0.39, 0.29) is 11.8 Å². The first-order valence-electron chi connectivity index (χ1n) is 7.01. The van der Waals surface area contributed by atoms with Crippen molar-refractivity contribution in [1.82, 2.24) is 0 Å². The molecule has 0 saturated carbocycles. The van der Waals surface area contributed by atoms with Crippen molar-refractivity contribution >= 4 is 34.8 Å². The summed E-state index contributed by atoms with van der Waals surface area (Å²) in [5, 5.41) is 0. The topological polar surface area (TPSA) is 20.3 Å². The average Bonchev–Trinajstić information content (AvgIpc) is 2.53. The van der Waals surface area contributed by atoms with Crippen LogP contribution in [0.3, 0.4) is 0 Å². The van der Waals surface area contributed by atoms with Crippen LogP contribution in [0.4, 0.5) is 5.69 Å². The van der Waals surface area contributed by atoms with Crippen LogP contribution in [0.2, 0.25) is 0 Å². The van der Waals surface area contributed by atoms with Crippen LogP contribution >= 0.6 is 23.2 Å². The highest BCUT2D eigenvalue weighted by atomic mass is 35.5. The first-order chi connectivity index (χ1) is 10.5. The van der Waals surface area contributed by atoms with Crippen molar-refractivity contribution in [2.75, 3.05) is 4.90 Å². The van der Waals surface area contributed by atoms with Crippen molar-refractivity contribution in [2.24, 2.45) is 0 Å². The van der Waals surface area contributed by atoms with E-state index in [1.807, 2.05) is 73.8 Å². The second-order valence-electron chi connectivity index (χ2n) is 5.35. The Kier molecular flexibility index (Phi) is 3.98. The number of alkyl halides is 2. The van der Waals surface area contributed by atoms with Crippen LogP contribution in [0.15, 0.2) is 72.4 Å². The van der Waals surface area contributed by atoms with Gasteiger partial charge in [0.1, 0.15) is 0 Å². The van der Waals surface area contributed by atoms with Crippen LogP contribution < -0.4 is 4.90 Å². The molecule has 3 rings (SSSR count). The monoisotopic (exact) mass is 331 g/mol. The molecule has 0 saturated heterocycles. The summed E-state index contributed by atoms with van der Waals surface area (Å²) < 4.78 is -1.53. The number of hydrogen-bond acceptors (Lipinski definition) is 1. The summed E-state index contributed by atoms with van der Waals surface area (Å²) in [6.07, 6.45) is 1.82. The SMILES string of the molecule is CC1=CN(c2ccccc2)C(=O)C(Cl)(Cl)C1c1ccccc1. The summed E-state index contributed by atoms with van der Waals surface area (Å²) >= 11 is 13.0. The van der Waals surface area contributed by atoms with Gasteiger partial charge in [-0.25, -0.2) is 0 Å². The molecule has 22 heavy (non-hydrogen) atoms. The van der Waals surface area contributed by atoms with Gasteiger partial charge in [0.15, 0.2) is 0 Å². The molecule has 1 aliphatic rings. The number of para-hydroxylation sites is 1. The van der Waals surface area contributed by atoms with Crippen molar-refractivity contribution in [3.63, 3.8) is 0 Å². The Hall–Kier alpha value is -1.77. The Labute approximate surface area is 140 Å². The molecule has 1 atom stereocenters. The van der Waals surface area contributed by atoms with Crippen molar-refractivity contribution in [2.45, 2.75) is 17.2 Å². The van der Waals surface area contributed by atoms with Gasteiger partial charge in [0.05, 0.1) is 0 Å². The standard InChI is InChI=1S/C18H15Cl2NO/c1-13-12-21(15-10-6-3-7-11-15)17(22)18(19,20)16(13)14-8-4-2-5-9-14/h2-12,16H,1H3. The van der Waals surface area contributed by atoms with Gasteiger partial charge < -0.3 is 0 Å². The zero-order valence-electron chi connectivity index (χ0n) is 12.0. The molecule has 1 amide bonds. The second-order valence-corrected chi connectivity index (χ2v) is 6.74. The van der Waals surface area contributed by atoms with E-state index in [9.17, 15) is 4.79 Å². The van der Waals surface area contributed by atoms with E-state index in [1.165, 1.54) is 4.90 Å². The maximum Gasteiger partial charge on any atom is 0.268 e. The van der Waals surface area contributed by atoms with Gasteiger partial charge in [-0.15, -0.1) is 0 Å². The molecule has 1 heterocycles. The fourth-order valence-corrected chi connectivity index (χ4v) is 3.58. The molecule has 2 aromatic rings. The Morgan fingerprint density at radius 2 is 1.50 bits per heavy atom. The van der Waals surface area contributed by atoms with Crippen LogP contribution in [0, 0.1) is 0 Å². The average molecular weight is 332 g/mol. The number of benzene rings is 2. The van der Waals surface area contributed by atoms with E-state index >= 15 is 0 Å². The van der Waals surface area contributed by atoms with Gasteiger partial charge in [0, 0.05) is 17.8 Å². The van der Waals surface area contributed by atoms with Crippen LogP contribution in [-0.4, -0.2) is 10.2 Å². The molecule has 1 unspecified atom stereocenters. The zero-order valence-corrected chi connectivity index (χ0v) is 13.6. The van der Waals surface area contributed by atoms with E-state index in [0.29, 0.717) is 0 Å². The third-order valence-corrected chi connectivity index (χ3v) is 4.58. The fraction of sp³-hybridized carbons (Fsp3) is 0.167. The van der Waals surface area contributed by atoms with Gasteiger partial charge in [0.25, 0.3) is 5.91 Å². The minimum absolute atomic E-state index is 0.332. The summed E-state index contributed by atoms with van der Waals surface area (Å²) in [5.41, 5.74) is 2.63. The quantitative estimate of drug-likeness (QED) is 0.717. The number of hydrogen-bond donors (Lipinski definition) is 0. The highest BCUT2D eigenvalue weighted by Crippen LogP contribution is 2.47. The molecule has 2 nitrogen and oxygen atoms in total. The number of carbonyl (C=O) groups is 1. The Morgan fingerprint density at radius 1 is 0.955 bits per heavy atom. The molecule has 0 spiro atoms. The second kappa shape index (κ2) is 5.79. The van der Waals surface area contributed by atoms with E-state index in [1.54, 1.807) is 0 Å². The van der Waals surface area contributed by atoms with E-state index < -0.39 is 4.33 Å². The van der Waals surface area contributed by atoms with Gasteiger partial charge in [-0.2, -0.15) is 0 Å². The number of allylic oxidation sites excluding steroid dienone is 1. The summed E-state index contributed by atoms with van der Waals surface area (Å²) in [7, 11) is 0. The number of carbonyl (C=O) groups excluding carboxylic acids is 1. The van der Waals surface area contributed by atoms with Crippen molar-refractivity contribution < 1.29 is 4.79 Å². The Balaban J connectivity index is 2.08. The number of halogens is 2. The van der Waals surface area contributed by atoms with Gasteiger partial charge in [-0.05, 0) is 30.2 Å². The lowest BCUT2D eigenvalue weighted by atomic mass is 9.86. The van der Waals surface area contributed by atoms with Crippen LogP contribution in [0.25, 0.3) is 0 Å². The predicted octanol–water partition coefficient (Wildman–Crippen LogP) is 4.89. The van der Waals surface area contributed by atoms with Gasteiger partial charge in [-0.1, -0.05) is 71.7 Å². The summed E-state index contributed by atoms with van der Waals surface area (Å²) in [6, 6.07) is 19.0. The highest BCUT2D eigenvalue weighted by Gasteiger charge is 2.49. The molecule has 2 aromatic carbocycles. The van der Waals surface area contributed by atoms with Crippen molar-refractivity contribution in [3.05, 3.63) is 78.0 Å². The smallest absolute Gasteiger partial charge is 0.268 e. The normalized spacial score (nSPS) is 20.7. The molecule has 0 fully saturated rings. The molecule has 0 radical (unpaired) electrons. The van der Waals surface area contributed by atoms with E-state index in [4.69, 9.17) is 23.2 Å². The lowest BCUT2D eigenvalue weighted by molar-refractivity contribution is -0.119. The summed E-state index contributed by atoms with van der Waals surface area (Å²) in [5.74, 6) is -0.689. The number of anilines is 1. The van der Waals surface area contributed by atoms with E-state index in [0.717, 1.165) is 16.8 Å². The number of rotatable bonds is 2. The molecule has 4 heteroatoms. The van der Waals surface area contributed by atoms with Crippen molar-refractivity contribution in [1.29, 1.82) is 0 Å². The first kappa shape index (κ1) is 15.1. The van der Waals surface area contributed by atoms with Crippen molar-refractivity contribution in [3.8, 4) is 0 Å². The third-order valence-electron chi connectivity index (χ3n) is 3.82. The molecule has 0 aromatic heterocycles. The lowest BCUT2D eigenvalue weighted by Crippen LogP contribution is -2.47. The first-order valence-corrected chi connectivity index (χ1v) is 7.77. The molecular formula is C18H15Cl2NO. The third kappa shape index (κ3) is 2.53. The maximum atomic E-state index is 12.8. The van der Waals surface area contributed by atoms with Gasteiger partial charge in [0.2, 0.25) is 4.33 Å². The van der Waals surface area contributed by atoms with Gasteiger partial charge >= 0.3 is 0 Å². The Bertz CT molecular complexity index is 710. The van der Waals surface area contributed by atoms with Gasteiger partial charge in [-0.3, -0.25) is 9.69 Å². The molecule has 0 bridgehead atoms. The Morgan fingerprint density at radius 3 is 2.09 bits per heavy atom. The van der Waals surface area contributed by atoms with E-state index in [2.05, 4.69) is 0 Å². The predicted molar refractivity (Wildman–Crippen MR) is 91.3 cm³/mol. The largest absolute Gasteiger partial charge is 0.285 e. The molecule has 112 valence electrons. The molecular weight excluding hydrogens is 317 g/mol. The van der Waals surface area contributed by atoms with Crippen LogP contribution in [0.1, 0.15) is 18.4 Å².